The van der Waals surface area contributed by atoms with Crippen molar-refractivity contribution in [3.8, 4) is 17.2 Å². The van der Waals surface area contributed by atoms with Crippen molar-refractivity contribution in [2.45, 2.75) is 0 Å². The quantitative estimate of drug-likeness (QED) is 0.324. The fraction of sp³-hybridized carbons (Fsp3) is 0.0909. The van der Waals surface area contributed by atoms with Crippen LogP contribution in [0, 0.1) is 5.82 Å². The van der Waals surface area contributed by atoms with Crippen molar-refractivity contribution >= 4 is 23.4 Å². The van der Waals surface area contributed by atoms with E-state index in [1.807, 2.05) is 0 Å². The number of ketones is 1. The van der Waals surface area contributed by atoms with Crippen molar-refractivity contribution in [2.24, 2.45) is 0 Å². The highest BCUT2D eigenvalue weighted by atomic mass is 35.5. The molecule has 0 aromatic heterocycles. The van der Waals surface area contributed by atoms with Crippen LogP contribution in [0.15, 0.2) is 60.7 Å². The van der Waals surface area contributed by atoms with Gasteiger partial charge in [0.05, 0.1) is 24.8 Å². The Morgan fingerprint density at radius 1 is 0.828 bits per heavy atom. The van der Waals surface area contributed by atoms with Gasteiger partial charge in [-0.15, -0.1) is 0 Å². The van der Waals surface area contributed by atoms with Gasteiger partial charge in [0.25, 0.3) is 0 Å². The summed E-state index contributed by atoms with van der Waals surface area (Å²) in [6.07, 6.45) is 0. The molecule has 29 heavy (non-hydrogen) atoms. The molecule has 148 valence electrons. The molecule has 0 heterocycles. The van der Waals surface area contributed by atoms with Gasteiger partial charge in [-0.3, -0.25) is 4.79 Å². The SMILES string of the molecule is COc1cc(C(=O)Oc2ccc(C(=O)c3ccc(F)cc3)cc2)cc(Cl)c1OC. The molecule has 3 aromatic rings. The van der Waals surface area contributed by atoms with Gasteiger partial charge >= 0.3 is 5.97 Å². The summed E-state index contributed by atoms with van der Waals surface area (Å²) in [6.45, 7) is 0. The van der Waals surface area contributed by atoms with Gasteiger partial charge in [-0.1, -0.05) is 11.6 Å². The normalized spacial score (nSPS) is 10.3. The van der Waals surface area contributed by atoms with Gasteiger partial charge in [0.1, 0.15) is 11.6 Å². The lowest BCUT2D eigenvalue weighted by Gasteiger charge is -2.11. The molecule has 0 saturated carbocycles. The average molecular weight is 415 g/mol. The maximum atomic E-state index is 13.0. The molecule has 5 nitrogen and oxygen atoms in total. The lowest BCUT2D eigenvalue weighted by atomic mass is 10.0. The Labute approximate surface area is 171 Å². The van der Waals surface area contributed by atoms with Gasteiger partial charge in [-0.2, -0.15) is 0 Å². The van der Waals surface area contributed by atoms with Crippen LogP contribution in [0.4, 0.5) is 4.39 Å². The molecule has 0 amide bonds. The van der Waals surface area contributed by atoms with Gasteiger partial charge in [-0.25, -0.2) is 9.18 Å². The van der Waals surface area contributed by atoms with Crippen LogP contribution in [0.5, 0.6) is 17.2 Å². The smallest absolute Gasteiger partial charge is 0.343 e. The predicted molar refractivity (Wildman–Crippen MR) is 106 cm³/mol. The summed E-state index contributed by atoms with van der Waals surface area (Å²) in [5.41, 5.74) is 0.917. The van der Waals surface area contributed by atoms with E-state index in [9.17, 15) is 14.0 Å². The molecular formula is C22H16ClFO5. The molecule has 0 radical (unpaired) electrons. The summed E-state index contributed by atoms with van der Waals surface area (Å²) in [7, 11) is 2.87. The molecule has 0 aliphatic carbocycles. The van der Waals surface area contributed by atoms with Crippen LogP contribution in [0.2, 0.25) is 5.02 Å². The first kappa shape index (κ1) is 20.4. The Hall–Kier alpha value is -3.38. The standard InChI is InChI=1S/C22H16ClFO5/c1-27-19-12-15(11-18(23)21(19)28-2)22(26)29-17-9-5-14(6-10-17)20(25)13-3-7-16(24)8-4-13/h3-12H,1-2H3. The van der Waals surface area contributed by atoms with Gasteiger partial charge in [-0.05, 0) is 60.7 Å². The second kappa shape index (κ2) is 8.75. The average Bonchev–Trinajstić information content (AvgIpc) is 2.73. The summed E-state index contributed by atoms with van der Waals surface area (Å²) in [4.78, 5) is 24.8. The minimum Gasteiger partial charge on any atom is -0.493 e. The fourth-order valence-electron chi connectivity index (χ4n) is 2.64. The molecule has 0 unspecified atom stereocenters. The van der Waals surface area contributed by atoms with Gasteiger partial charge in [0.2, 0.25) is 0 Å². The maximum Gasteiger partial charge on any atom is 0.343 e. The van der Waals surface area contributed by atoms with Crippen molar-refractivity contribution in [1.29, 1.82) is 0 Å². The third-order valence-corrected chi connectivity index (χ3v) is 4.38. The van der Waals surface area contributed by atoms with E-state index in [0.717, 1.165) is 0 Å². The Morgan fingerprint density at radius 2 is 1.41 bits per heavy atom. The van der Waals surface area contributed by atoms with Crippen LogP contribution in [0.1, 0.15) is 26.3 Å². The molecule has 0 spiro atoms. The summed E-state index contributed by atoms with van der Waals surface area (Å²) >= 11 is 6.11. The highest BCUT2D eigenvalue weighted by Gasteiger charge is 2.17. The first-order valence-electron chi connectivity index (χ1n) is 8.47. The van der Waals surface area contributed by atoms with Crippen LogP contribution in [-0.2, 0) is 0 Å². The lowest BCUT2D eigenvalue weighted by Crippen LogP contribution is -2.09. The first-order chi connectivity index (χ1) is 13.9. The summed E-state index contributed by atoms with van der Waals surface area (Å²) in [6, 6.07) is 14.2. The molecule has 7 heteroatoms. The molecule has 3 aromatic carbocycles. The van der Waals surface area contributed by atoms with E-state index in [2.05, 4.69) is 0 Å². The van der Waals surface area contributed by atoms with E-state index in [1.54, 1.807) is 0 Å². The number of hydrogen-bond donors (Lipinski definition) is 0. The van der Waals surface area contributed by atoms with E-state index in [1.165, 1.54) is 74.9 Å². The number of rotatable bonds is 6. The second-order valence-electron chi connectivity index (χ2n) is 5.94. The molecular weight excluding hydrogens is 399 g/mol. The van der Waals surface area contributed by atoms with E-state index in [0.29, 0.717) is 22.6 Å². The number of carbonyl (C=O) groups excluding carboxylic acids is 2. The zero-order valence-electron chi connectivity index (χ0n) is 15.6. The van der Waals surface area contributed by atoms with Crippen molar-refractivity contribution < 1.29 is 28.2 Å². The maximum absolute atomic E-state index is 13.0. The van der Waals surface area contributed by atoms with E-state index in [-0.39, 0.29) is 22.1 Å². The number of benzene rings is 3. The van der Waals surface area contributed by atoms with Gasteiger partial charge in [0, 0.05) is 11.1 Å². The Kier molecular flexibility index (Phi) is 6.14. The van der Waals surface area contributed by atoms with Crippen molar-refractivity contribution in [2.75, 3.05) is 14.2 Å². The number of ether oxygens (including phenoxy) is 3. The largest absolute Gasteiger partial charge is 0.493 e. The molecule has 0 bridgehead atoms. The van der Waals surface area contributed by atoms with Crippen molar-refractivity contribution in [3.63, 3.8) is 0 Å². The Morgan fingerprint density at radius 3 is 1.97 bits per heavy atom. The van der Waals surface area contributed by atoms with Crippen LogP contribution in [0.3, 0.4) is 0 Å². The van der Waals surface area contributed by atoms with E-state index < -0.39 is 11.8 Å². The molecule has 3 rings (SSSR count). The summed E-state index contributed by atoms with van der Waals surface area (Å²) in [5, 5.41) is 0.207. The summed E-state index contributed by atoms with van der Waals surface area (Å²) < 4.78 is 28.6. The number of hydrogen-bond acceptors (Lipinski definition) is 5. The number of carbonyl (C=O) groups is 2. The van der Waals surface area contributed by atoms with E-state index >= 15 is 0 Å². The minimum absolute atomic E-state index is 0.180. The molecule has 0 atom stereocenters. The monoisotopic (exact) mass is 414 g/mol. The molecule has 0 N–H and O–H groups in total. The predicted octanol–water partition coefficient (Wildman–Crippen LogP) is 4.95. The third-order valence-electron chi connectivity index (χ3n) is 4.10. The number of methoxy groups -OCH3 is 2. The first-order valence-corrected chi connectivity index (χ1v) is 8.84. The van der Waals surface area contributed by atoms with Crippen LogP contribution < -0.4 is 14.2 Å². The third kappa shape index (κ3) is 4.55. The van der Waals surface area contributed by atoms with Crippen molar-refractivity contribution in [3.05, 3.63) is 88.2 Å². The molecule has 0 saturated heterocycles. The number of esters is 1. The topological polar surface area (TPSA) is 61.8 Å². The molecule has 0 aliphatic heterocycles. The Bertz CT molecular complexity index is 1050. The lowest BCUT2D eigenvalue weighted by molar-refractivity contribution is 0.0734. The zero-order valence-corrected chi connectivity index (χ0v) is 16.3. The van der Waals surface area contributed by atoms with E-state index in [4.69, 9.17) is 25.8 Å². The van der Waals surface area contributed by atoms with Gasteiger partial charge < -0.3 is 14.2 Å². The van der Waals surface area contributed by atoms with Crippen LogP contribution >= 0.6 is 11.6 Å². The van der Waals surface area contributed by atoms with Crippen LogP contribution in [-0.4, -0.2) is 26.0 Å². The van der Waals surface area contributed by atoms with Crippen LogP contribution in [0.25, 0.3) is 0 Å². The van der Waals surface area contributed by atoms with Gasteiger partial charge in [0.15, 0.2) is 17.3 Å². The highest BCUT2D eigenvalue weighted by molar-refractivity contribution is 6.32. The van der Waals surface area contributed by atoms with Crippen molar-refractivity contribution in [1.82, 2.24) is 0 Å². The molecule has 0 aliphatic rings. The zero-order chi connectivity index (χ0) is 21.0. The second-order valence-corrected chi connectivity index (χ2v) is 6.35. The molecule has 0 fully saturated rings. The number of halogens is 2. The summed E-state index contributed by atoms with van der Waals surface area (Å²) in [5.74, 6) is -0.475. The minimum atomic E-state index is -0.648. The highest BCUT2D eigenvalue weighted by Crippen LogP contribution is 2.36. The fourth-order valence-corrected chi connectivity index (χ4v) is 2.93. The Balaban J connectivity index is 1.76.